The van der Waals surface area contributed by atoms with Gasteiger partial charge in [0, 0.05) is 17.5 Å². The van der Waals surface area contributed by atoms with Crippen LogP contribution in [0.2, 0.25) is 0 Å². The molecule has 2 aromatic rings. The summed E-state index contributed by atoms with van der Waals surface area (Å²) in [6.07, 6.45) is 0.383. The molecule has 29 heavy (non-hydrogen) atoms. The van der Waals surface area contributed by atoms with Crippen LogP contribution in [-0.2, 0) is 17.8 Å². The fourth-order valence-electron chi connectivity index (χ4n) is 2.85. The number of aromatic hydroxyl groups is 1. The number of carbonyl (C=O) groups excluding carboxylic acids is 1. The molecule has 0 heterocycles. The standard InChI is InChI=1S/C21H22O8/c1-12(22)15-8-9-17(16(20(15)25)4-3-5-19(23)24)29-11-14-7-6-13(21(26)27)10-18(14)28-2/h6-10,25H,3-5,11H2,1-2H3,(H,23,24)(H,26,27). The van der Waals surface area contributed by atoms with Crippen molar-refractivity contribution >= 4 is 17.7 Å². The van der Waals surface area contributed by atoms with Crippen LogP contribution in [0.15, 0.2) is 30.3 Å². The van der Waals surface area contributed by atoms with Crippen molar-refractivity contribution in [1.82, 2.24) is 0 Å². The second-order valence-electron chi connectivity index (χ2n) is 6.36. The molecule has 0 saturated heterocycles. The summed E-state index contributed by atoms with van der Waals surface area (Å²) < 4.78 is 11.0. The Morgan fingerprint density at radius 2 is 1.76 bits per heavy atom. The minimum Gasteiger partial charge on any atom is -0.507 e. The van der Waals surface area contributed by atoms with Gasteiger partial charge in [-0.1, -0.05) is 6.07 Å². The van der Waals surface area contributed by atoms with Gasteiger partial charge in [-0.25, -0.2) is 4.79 Å². The molecule has 0 atom stereocenters. The van der Waals surface area contributed by atoms with Gasteiger partial charge in [-0.05, 0) is 44.0 Å². The summed E-state index contributed by atoms with van der Waals surface area (Å²) in [4.78, 5) is 33.6. The van der Waals surface area contributed by atoms with Gasteiger partial charge in [0.25, 0.3) is 0 Å². The van der Waals surface area contributed by atoms with Gasteiger partial charge in [0.05, 0.1) is 18.2 Å². The molecule has 0 aliphatic heterocycles. The third-order valence-corrected chi connectivity index (χ3v) is 4.35. The number of carboxylic acids is 2. The van der Waals surface area contributed by atoms with E-state index in [4.69, 9.17) is 19.7 Å². The first-order chi connectivity index (χ1) is 13.7. The fourth-order valence-corrected chi connectivity index (χ4v) is 2.85. The number of phenols is 1. The van der Waals surface area contributed by atoms with Gasteiger partial charge in [-0.2, -0.15) is 0 Å². The molecule has 3 N–H and O–H groups in total. The van der Waals surface area contributed by atoms with Crippen molar-refractivity contribution < 1.29 is 39.2 Å². The highest BCUT2D eigenvalue weighted by atomic mass is 16.5. The molecule has 0 fully saturated rings. The number of ether oxygens (including phenoxy) is 2. The number of aliphatic carboxylic acids is 1. The second kappa shape index (κ2) is 9.59. The van der Waals surface area contributed by atoms with Crippen LogP contribution in [0.1, 0.15) is 51.6 Å². The van der Waals surface area contributed by atoms with Crippen LogP contribution in [0, 0.1) is 0 Å². The minimum atomic E-state index is -1.08. The molecule has 8 nitrogen and oxygen atoms in total. The van der Waals surface area contributed by atoms with Crippen molar-refractivity contribution in [3.05, 3.63) is 52.6 Å². The molecule has 0 aliphatic carbocycles. The largest absolute Gasteiger partial charge is 0.507 e. The number of aromatic carboxylic acids is 1. The lowest BCUT2D eigenvalue weighted by molar-refractivity contribution is -0.137. The number of methoxy groups -OCH3 is 1. The van der Waals surface area contributed by atoms with Gasteiger partial charge in [-0.3, -0.25) is 9.59 Å². The Bertz CT molecular complexity index is 933. The van der Waals surface area contributed by atoms with Crippen LogP contribution in [0.3, 0.4) is 0 Å². The summed E-state index contributed by atoms with van der Waals surface area (Å²) >= 11 is 0. The molecule has 0 radical (unpaired) electrons. The van der Waals surface area contributed by atoms with E-state index < -0.39 is 11.9 Å². The Balaban J connectivity index is 2.29. The number of benzene rings is 2. The number of ketones is 1. The Labute approximate surface area is 167 Å². The van der Waals surface area contributed by atoms with E-state index in [-0.39, 0.29) is 48.5 Å². The molecule has 0 bridgehead atoms. The van der Waals surface area contributed by atoms with E-state index in [1.165, 1.54) is 32.2 Å². The number of carboxylic acid groups (broad SMARTS) is 2. The second-order valence-corrected chi connectivity index (χ2v) is 6.36. The van der Waals surface area contributed by atoms with Crippen LogP contribution in [0.25, 0.3) is 0 Å². The summed E-state index contributed by atoms with van der Waals surface area (Å²) in [5.41, 5.74) is 1.14. The number of carbonyl (C=O) groups is 3. The average Bonchev–Trinajstić information content (AvgIpc) is 2.67. The highest BCUT2D eigenvalue weighted by molar-refractivity contribution is 5.97. The van der Waals surface area contributed by atoms with Crippen LogP contribution < -0.4 is 9.47 Å². The molecule has 2 rings (SSSR count). The molecule has 0 aromatic heterocycles. The normalized spacial score (nSPS) is 10.4. The molecule has 0 amide bonds. The Kier molecular flexibility index (Phi) is 7.19. The topological polar surface area (TPSA) is 130 Å². The fraction of sp³-hybridized carbons (Fsp3) is 0.286. The predicted molar refractivity (Wildman–Crippen MR) is 103 cm³/mol. The summed E-state index contributed by atoms with van der Waals surface area (Å²) in [5, 5.41) is 28.4. The van der Waals surface area contributed by atoms with E-state index >= 15 is 0 Å². The third kappa shape index (κ3) is 5.47. The molecule has 0 saturated carbocycles. The van der Waals surface area contributed by atoms with Crippen molar-refractivity contribution in [3.8, 4) is 17.2 Å². The number of rotatable bonds is 10. The summed E-state index contributed by atoms with van der Waals surface area (Å²) in [7, 11) is 1.41. The maximum atomic E-state index is 11.7. The maximum absolute atomic E-state index is 11.7. The SMILES string of the molecule is COc1cc(C(=O)O)ccc1COc1ccc(C(C)=O)c(O)c1CCCC(=O)O. The van der Waals surface area contributed by atoms with Crippen molar-refractivity contribution in [1.29, 1.82) is 0 Å². The third-order valence-electron chi connectivity index (χ3n) is 4.35. The first-order valence-corrected chi connectivity index (χ1v) is 8.85. The zero-order valence-corrected chi connectivity index (χ0v) is 16.1. The molecule has 0 unspecified atom stereocenters. The van der Waals surface area contributed by atoms with Gasteiger partial charge in [-0.15, -0.1) is 0 Å². The lowest BCUT2D eigenvalue weighted by atomic mass is 10.0. The molecular weight excluding hydrogens is 380 g/mol. The smallest absolute Gasteiger partial charge is 0.335 e. The average molecular weight is 402 g/mol. The Hall–Kier alpha value is -3.55. The summed E-state index contributed by atoms with van der Waals surface area (Å²) in [6, 6.07) is 7.36. The first kappa shape index (κ1) is 21.7. The van der Waals surface area contributed by atoms with Gasteiger partial charge in [0.2, 0.25) is 0 Å². The monoisotopic (exact) mass is 402 g/mol. The zero-order chi connectivity index (χ0) is 21.6. The van der Waals surface area contributed by atoms with E-state index in [0.717, 1.165) is 0 Å². The lowest BCUT2D eigenvalue weighted by Gasteiger charge is -2.16. The van der Waals surface area contributed by atoms with Gasteiger partial charge in [0.1, 0.15) is 23.9 Å². The zero-order valence-electron chi connectivity index (χ0n) is 16.1. The Morgan fingerprint density at radius 3 is 2.34 bits per heavy atom. The highest BCUT2D eigenvalue weighted by Gasteiger charge is 2.18. The lowest BCUT2D eigenvalue weighted by Crippen LogP contribution is -2.05. The highest BCUT2D eigenvalue weighted by Crippen LogP contribution is 2.34. The number of hydrogen-bond acceptors (Lipinski definition) is 6. The first-order valence-electron chi connectivity index (χ1n) is 8.85. The molecular formula is C21H22O8. The van der Waals surface area contributed by atoms with E-state index in [1.807, 2.05) is 0 Å². The van der Waals surface area contributed by atoms with Crippen molar-refractivity contribution in [2.24, 2.45) is 0 Å². The molecule has 2 aromatic carbocycles. The number of hydrogen-bond donors (Lipinski definition) is 3. The summed E-state index contributed by atoms with van der Waals surface area (Å²) in [5.74, 6) is -1.95. The quantitative estimate of drug-likeness (QED) is 0.516. The van der Waals surface area contributed by atoms with Gasteiger partial charge >= 0.3 is 11.9 Å². The minimum absolute atomic E-state index is 0.0217. The van der Waals surface area contributed by atoms with E-state index in [9.17, 15) is 19.5 Å². The van der Waals surface area contributed by atoms with Crippen LogP contribution in [-0.4, -0.2) is 40.2 Å². The van der Waals surface area contributed by atoms with Crippen molar-refractivity contribution in [2.45, 2.75) is 32.8 Å². The maximum Gasteiger partial charge on any atom is 0.335 e. The summed E-state index contributed by atoms with van der Waals surface area (Å²) in [6.45, 7) is 1.35. The van der Waals surface area contributed by atoms with Gasteiger partial charge in [0.15, 0.2) is 5.78 Å². The predicted octanol–water partition coefficient (Wildman–Crippen LogP) is 3.29. The number of phenolic OH excluding ortho intramolecular Hbond substituents is 1. The molecule has 8 heteroatoms. The Morgan fingerprint density at radius 1 is 1.03 bits per heavy atom. The van der Waals surface area contributed by atoms with E-state index in [0.29, 0.717) is 22.6 Å². The van der Waals surface area contributed by atoms with E-state index in [1.54, 1.807) is 12.1 Å². The van der Waals surface area contributed by atoms with Crippen molar-refractivity contribution in [2.75, 3.05) is 7.11 Å². The van der Waals surface area contributed by atoms with Crippen LogP contribution >= 0.6 is 0 Å². The number of Topliss-reactive ketones (excluding diaryl/α,β-unsaturated/α-hetero) is 1. The molecule has 154 valence electrons. The van der Waals surface area contributed by atoms with Crippen LogP contribution in [0.5, 0.6) is 17.2 Å². The molecule has 0 spiro atoms. The van der Waals surface area contributed by atoms with Crippen molar-refractivity contribution in [3.63, 3.8) is 0 Å². The van der Waals surface area contributed by atoms with Gasteiger partial charge < -0.3 is 24.8 Å². The van der Waals surface area contributed by atoms with Crippen LogP contribution in [0.4, 0.5) is 0 Å². The molecule has 0 aliphatic rings. The van der Waals surface area contributed by atoms with E-state index in [2.05, 4.69) is 0 Å².